The first-order valence-corrected chi connectivity index (χ1v) is 9.04. The van der Waals surface area contributed by atoms with Crippen LogP contribution in [0.2, 0.25) is 0 Å². The van der Waals surface area contributed by atoms with Crippen LogP contribution in [-0.2, 0) is 30.2 Å². The van der Waals surface area contributed by atoms with Crippen LogP contribution in [0.5, 0.6) is 0 Å². The van der Waals surface area contributed by atoms with Crippen molar-refractivity contribution in [3.05, 3.63) is 27.2 Å². The molecule has 2 aromatic rings. The summed E-state index contributed by atoms with van der Waals surface area (Å²) < 4.78 is 8.43. The fourth-order valence-electron chi connectivity index (χ4n) is 3.43. The average Bonchev–Trinajstić information content (AvgIpc) is 3.12. The van der Waals surface area contributed by atoms with E-state index in [9.17, 15) is 19.2 Å². The molecule has 0 unspecified atom stereocenters. The van der Waals surface area contributed by atoms with Gasteiger partial charge in [0.15, 0.2) is 11.2 Å². The minimum atomic E-state index is -0.487. The van der Waals surface area contributed by atoms with E-state index in [4.69, 9.17) is 4.74 Å². The molecule has 1 N–H and O–H groups in total. The molecule has 1 aliphatic heterocycles. The quantitative estimate of drug-likeness (QED) is 0.715. The molecule has 0 spiro atoms. The molecule has 11 heteroatoms. The summed E-state index contributed by atoms with van der Waals surface area (Å²) >= 11 is 0. The van der Waals surface area contributed by atoms with E-state index in [2.05, 4.69) is 10.3 Å². The van der Waals surface area contributed by atoms with Gasteiger partial charge in [0.25, 0.3) is 5.56 Å². The Kier molecular flexibility index (Phi) is 5.52. The standard InChI is InChI=1S/C17H24N6O5/c1-20-14-13(15(25)21(2)16(20)26)23(10-19-14)9-12(24)18-8-11-4-6-22(7-5-11)17(27)28-3/h10-11H,4-9H2,1-3H3,(H,18,24). The lowest BCUT2D eigenvalue weighted by molar-refractivity contribution is -0.121. The number of ether oxygens (including phenoxy) is 1. The normalized spacial score (nSPS) is 15.0. The monoisotopic (exact) mass is 392 g/mol. The van der Waals surface area contributed by atoms with Gasteiger partial charge in [-0.2, -0.15) is 0 Å². The predicted molar refractivity (Wildman–Crippen MR) is 99.9 cm³/mol. The summed E-state index contributed by atoms with van der Waals surface area (Å²) in [6, 6.07) is 0. The molecule has 1 aliphatic rings. The fourth-order valence-corrected chi connectivity index (χ4v) is 3.43. The van der Waals surface area contributed by atoms with Crippen molar-refractivity contribution in [3.63, 3.8) is 0 Å². The van der Waals surface area contributed by atoms with Gasteiger partial charge >= 0.3 is 11.8 Å². The fraction of sp³-hybridized carbons (Fsp3) is 0.588. The number of imidazole rings is 1. The van der Waals surface area contributed by atoms with Crippen molar-refractivity contribution in [2.75, 3.05) is 26.7 Å². The van der Waals surface area contributed by atoms with Crippen LogP contribution >= 0.6 is 0 Å². The molecule has 2 amide bonds. The van der Waals surface area contributed by atoms with Crippen LogP contribution in [0.1, 0.15) is 12.8 Å². The number of methoxy groups -OCH3 is 1. The van der Waals surface area contributed by atoms with E-state index in [-0.39, 0.29) is 35.6 Å². The molecule has 152 valence electrons. The Morgan fingerprint density at radius 3 is 2.54 bits per heavy atom. The van der Waals surface area contributed by atoms with Crippen LogP contribution < -0.4 is 16.6 Å². The maximum Gasteiger partial charge on any atom is 0.409 e. The Morgan fingerprint density at radius 2 is 1.89 bits per heavy atom. The van der Waals surface area contributed by atoms with E-state index in [1.54, 1.807) is 4.90 Å². The van der Waals surface area contributed by atoms with E-state index < -0.39 is 11.2 Å². The molecule has 0 bridgehead atoms. The number of piperidine rings is 1. The molecule has 1 fully saturated rings. The van der Waals surface area contributed by atoms with E-state index in [0.717, 1.165) is 17.4 Å². The largest absolute Gasteiger partial charge is 0.453 e. The summed E-state index contributed by atoms with van der Waals surface area (Å²) in [5.74, 6) is 0.0312. The van der Waals surface area contributed by atoms with Gasteiger partial charge in [0.2, 0.25) is 5.91 Å². The first kappa shape index (κ1) is 19.6. The van der Waals surface area contributed by atoms with Crippen molar-refractivity contribution in [1.29, 1.82) is 0 Å². The van der Waals surface area contributed by atoms with Crippen molar-refractivity contribution >= 4 is 23.2 Å². The third-order valence-corrected chi connectivity index (χ3v) is 5.17. The molecule has 3 heterocycles. The van der Waals surface area contributed by atoms with Crippen molar-refractivity contribution in [2.24, 2.45) is 20.0 Å². The number of carbonyl (C=O) groups is 2. The number of nitrogens with one attached hydrogen (secondary N) is 1. The van der Waals surface area contributed by atoms with Gasteiger partial charge in [-0.1, -0.05) is 0 Å². The summed E-state index contributed by atoms with van der Waals surface area (Å²) in [4.78, 5) is 53.9. The molecule has 3 rings (SSSR count). The number of likely N-dealkylation sites (tertiary alicyclic amines) is 1. The van der Waals surface area contributed by atoms with Crippen molar-refractivity contribution < 1.29 is 14.3 Å². The molecule has 28 heavy (non-hydrogen) atoms. The highest BCUT2D eigenvalue weighted by Gasteiger charge is 2.23. The zero-order valence-electron chi connectivity index (χ0n) is 16.2. The Morgan fingerprint density at radius 1 is 1.21 bits per heavy atom. The molecule has 11 nitrogen and oxygen atoms in total. The van der Waals surface area contributed by atoms with Gasteiger partial charge in [0, 0.05) is 33.7 Å². The van der Waals surface area contributed by atoms with Gasteiger partial charge in [-0.3, -0.25) is 18.7 Å². The van der Waals surface area contributed by atoms with Crippen molar-refractivity contribution in [3.8, 4) is 0 Å². The number of nitrogens with zero attached hydrogens (tertiary/aromatic N) is 5. The summed E-state index contributed by atoms with van der Waals surface area (Å²) in [7, 11) is 4.28. The third kappa shape index (κ3) is 3.64. The molecule has 0 saturated carbocycles. The number of hydrogen-bond acceptors (Lipinski definition) is 6. The second kappa shape index (κ2) is 7.87. The second-order valence-corrected chi connectivity index (χ2v) is 6.95. The molecule has 0 radical (unpaired) electrons. The Labute approximate surface area is 160 Å². The van der Waals surface area contributed by atoms with Crippen LogP contribution in [0.3, 0.4) is 0 Å². The Balaban J connectivity index is 1.61. The third-order valence-electron chi connectivity index (χ3n) is 5.17. The molecular formula is C17H24N6O5. The van der Waals surface area contributed by atoms with E-state index in [1.165, 1.54) is 36.7 Å². The first-order valence-electron chi connectivity index (χ1n) is 9.04. The van der Waals surface area contributed by atoms with E-state index in [0.29, 0.717) is 19.6 Å². The maximum absolute atomic E-state index is 12.4. The van der Waals surface area contributed by atoms with Crippen LogP contribution in [0, 0.1) is 5.92 Å². The number of hydrogen-bond donors (Lipinski definition) is 1. The summed E-state index contributed by atoms with van der Waals surface area (Å²) in [5, 5.41) is 2.87. The highest BCUT2D eigenvalue weighted by Crippen LogP contribution is 2.17. The van der Waals surface area contributed by atoms with Gasteiger partial charge in [-0.05, 0) is 18.8 Å². The zero-order valence-corrected chi connectivity index (χ0v) is 16.2. The summed E-state index contributed by atoms with van der Waals surface area (Å²) in [6.07, 6.45) is 2.63. The summed E-state index contributed by atoms with van der Waals surface area (Å²) in [6.45, 7) is 1.63. The number of fused-ring (bicyclic) bond motifs is 1. The number of aromatic nitrogens is 4. The molecule has 1 saturated heterocycles. The zero-order chi connectivity index (χ0) is 20.4. The van der Waals surface area contributed by atoms with Crippen molar-refractivity contribution in [1.82, 2.24) is 28.9 Å². The first-order chi connectivity index (χ1) is 13.3. The predicted octanol–water partition coefficient (Wildman–Crippen LogP) is -0.972. The van der Waals surface area contributed by atoms with Gasteiger partial charge in [0.1, 0.15) is 6.54 Å². The maximum atomic E-state index is 12.4. The average molecular weight is 392 g/mol. The van der Waals surface area contributed by atoms with Gasteiger partial charge < -0.3 is 19.5 Å². The van der Waals surface area contributed by atoms with Crippen LogP contribution in [0.15, 0.2) is 15.9 Å². The van der Waals surface area contributed by atoms with Crippen molar-refractivity contribution in [2.45, 2.75) is 19.4 Å². The molecular weight excluding hydrogens is 368 g/mol. The van der Waals surface area contributed by atoms with Gasteiger partial charge in [0.05, 0.1) is 13.4 Å². The lowest BCUT2D eigenvalue weighted by Crippen LogP contribution is -2.42. The summed E-state index contributed by atoms with van der Waals surface area (Å²) in [5.41, 5.74) is -0.494. The van der Waals surface area contributed by atoms with E-state index in [1.807, 2.05) is 0 Å². The van der Waals surface area contributed by atoms with Crippen LogP contribution in [0.4, 0.5) is 4.79 Å². The van der Waals surface area contributed by atoms with E-state index >= 15 is 0 Å². The minimum Gasteiger partial charge on any atom is -0.453 e. The number of aryl methyl sites for hydroxylation is 1. The smallest absolute Gasteiger partial charge is 0.409 e. The lowest BCUT2D eigenvalue weighted by atomic mass is 9.97. The minimum absolute atomic E-state index is 0.0645. The Bertz CT molecular complexity index is 1010. The van der Waals surface area contributed by atoms with Gasteiger partial charge in [-0.15, -0.1) is 0 Å². The Hall–Kier alpha value is -3.11. The number of rotatable bonds is 4. The highest BCUT2D eigenvalue weighted by atomic mass is 16.5. The topological polar surface area (TPSA) is 120 Å². The second-order valence-electron chi connectivity index (χ2n) is 6.95. The number of carbonyl (C=O) groups excluding carboxylic acids is 2. The van der Waals surface area contributed by atoms with Crippen LogP contribution in [-0.4, -0.2) is 62.3 Å². The molecule has 0 aromatic carbocycles. The van der Waals surface area contributed by atoms with Gasteiger partial charge in [-0.25, -0.2) is 14.6 Å². The lowest BCUT2D eigenvalue weighted by Gasteiger charge is -2.30. The molecule has 2 aromatic heterocycles. The number of amides is 2. The van der Waals surface area contributed by atoms with Crippen LogP contribution in [0.25, 0.3) is 11.2 Å². The molecule has 0 atom stereocenters. The molecule has 0 aliphatic carbocycles. The SMILES string of the molecule is COC(=O)N1CCC(CNC(=O)Cn2cnc3c2c(=O)n(C)c(=O)n3C)CC1. The highest BCUT2D eigenvalue weighted by molar-refractivity contribution is 5.78.